The number of ether oxygens (including phenoxy) is 1. The number of hydrogen-bond acceptors (Lipinski definition) is 3. The van der Waals surface area contributed by atoms with Crippen LogP contribution >= 0.6 is 11.6 Å². The fourth-order valence-corrected chi connectivity index (χ4v) is 1.12. The second-order valence-electron chi connectivity index (χ2n) is 2.50. The Morgan fingerprint density at radius 1 is 1.77 bits per heavy atom. The average Bonchev–Trinajstić information content (AvgIpc) is 2.50. The maximum absolute atomic E-state index is 10.3. The summed E-state index contributed by atoms with van der Waals surface area (Å²) in [5, 5.41) is 7.94. The Morgan fingerprint density at radius 2 is 2.46 bits per heavy atom. The molecule has 4 nitrogen and oxygen atoms in total. The van der Waals surface area contributed by atoms with E-state index in [1.807, 2.05) is 0 Å². The maximum Gasteiger partial charge on any atom is 0.506 e. The maximum atomic E-state index is 10.3. The van der Waals surface area contributed by atoms with Gasteiger partial charge in [0.05, 0.1) is 11.6 Å². The highest BCUT2D eigenvalue weighted by atomic mass is 35.5. The topological polar surface area (TPSA) is 59.7 Å². The summed E-state index contributed by atoms with van der Waals surface area (Å²) in [5.41, 5.74) is 0. The van der Waals surface area contributed by atoms with Crippen molar-refractivity contribution < 1.29 is 19.1 Å². The lowest BCUT2D eigenvalue weighted by Gasteiger charge is -2.15. The van der Waals surface area contributed by atoms with Gasteiger partial charge in [-0.2, -0.15) is 0 Å². The van der Waals surface area contributed by atoms with Gasteiger partial charge in [0.2, 0.25) is 0 Å². The van der Waals surface area contributed by atoms with Crippen molar-refractivity contribution in [3.05, 3.63) is 24.2 Å². The molecule has 1 rings (SSSR count). The van der Waals surface area contributed by atoms with E-state index in [4.69, 9.17) is 21.1 Å². The number of carbonyl (C=O) groups is 1. The molecule has 0 aliphatic rings. The van der Waals surface area contributed by atoms with Gasteiger partial charge >= 0.3 is 6.16 Å². The zero-order valence-electron chi connectivity index (χ0n) is 6.94. The molecule has 72 valence electrons. The molecule has 0 aromatic carbocycles. The van der Waals surface area contributed by atoms with Gasteiger partial charge in [-0.1, -0.05) is 0 Å². The summed E-state index contributed by atoms with van der Waals surface area (Å²) in [4.78, 5) is 10.3. The SMILES string of the molecule is CC(Cl)C(OC(=O)O)c1ccco1. The lowest BCUT2D eigenvalue weighted by molar-refractivity contribution is 0.0418. The first-order valence-corrected chi connectivity index (χ1v) is 4.12. The Labute approximate surface area is 80.1 Å². The fraction of sp³-hybridized carbons (Fsp3) is 0.375. The Balaban J connectivity index is 2.74. The minimum absolute atomic E-state index is 0.407. The van der Waals surface area contributed by atoms with E-state index in [0.717, 1.165) is 0 Å². The lowest BCUT2D eigenvalue weighted by atomic mass is 10.2. The zero-order valence-corrected chi connectivity index (χ0v) is 7.69. The largest absolute Gasteiger partial charge is 0.506 e. The van der Waals surface area contributed by atoms with Gasteiger partial charge in [-0.3, -0.25) is 0 Å². The van der Waals surface area contributed by atoms with E-state index in [2.05, 4.69) is 4.74 Å². The quantitative estimate of drug-likeness (QED) is 0.607. The molecule has 0 saturated heterocycles. The van der Waals surface area contributed by atoms with E-state index in [1.54, 1.807) is 19.1 Å². The number of hydrogen-bond donors (Lipinski definition) is 1. The van der Waals surface area contributed by atoms with Gasteiger partial charge in [-0.15, -0.1) is 11.6 Å². The van der Waals surface area contributed by atoms with Gasteiger partial charge in [0.1, 0.15) is 5.76 Å². The van der Waals surface area contributed by atoms with Crippen molar-refractivity contribution in [2.24, 2.45) is 0 Å². The number of halogens is 1. The van der Waals surface area contributed by atoms with Gasteiger partial charge in [0.25, 0.3) is 0 Å². The number of alkyl halides is 1. The molecule has 2 atom stereocenters. The lowest BCUT2D eigenvalue weighted by Crippen LogP contribution is -2.16. The minimum Gasteiger partial charge on any atom is -0.465 e. The normalized spacial score (nSPS) is 14.9. The molecule has 0 bridgehead atoms. The smallest absolute Gasteiger partial charge is 0.465 e. The van der Waals surface area contributed by atoms with E-state index in [9.17, 15) is 4.79 Å². The third-order valence-corrected chi connectivity index (χ3v) is 1.70. The molecule has 1 aromatic rings. The van der Waals surface area contributed by atoms with Crippen molar-refractivity contribution in [3.8, 4) is 0 Å². The summed E-state index contributed by atoms with van der Waals surface area (Å²) in [5.74, 6) is 0.407. The molecule has 0 aliphatic heterocycles. The first kappa shape index (κ1) is 9.92. The van der Waals surface area contributed by atoms with Gasteiger partial charge in [-0.05, 0) is 19.1 Å². The first-order valence-electron chi connectivity index (χ1n) is 3.68. The zero-order chi connectivity index (χ0) is 9.84. The van der Waals surface area contributed by atoms with Crippen LogP contribution in [-0.2, 0) is 4.74 Å². The summed E-state index contributed by atoms with van der Waals surface area (Å²) >= 11 is 5.73. The molecular formula is C8H9ClO4. The first-order chi connectivity index (χ1) is 6.11. The molecule has 2 unspecified atom stereocenters. The van der Waals surface area contributed by atoms with E-state index in [1.165, 1.54) is 6.26 Å². The van der Waals surface area contributed by atoms with Crippen LogP contribution in [0, 0.1) is 0 Å². The highest BCUT2D eigenvalue weighted by molar-refractivity contribution is 6.20. The predicted octanol–water partition coefficient (Wildman–Crippen LogP) is 2.64. The van der Waals surface area contributed by atoms with E-state index < -0.39 is 17.6 Å². The Hall–Kier alpha value is -1.16. The minimum atomic E-state index is -1.37. The second-order valence-corrected chi connectivity index (χ2v) is 3.19. The molecule has 0 aliphatic carbocycles. The van der Waals surface area contributed by atoms with Gasteiger partial charge in [-0.25, -0.2) is 4.79 Å². The summed E-state index contributed by atoms with van der Waals surface area (Å²) in [6.07, 6.45) is -0.685. The highest BCUT2D eigenvalue weighted by Crippen LogP contribution is 2.25. The van der Waals surface area contributed by atoms with Crippen molar-refractivity contribution in [2.45, 2.75) is 18.4 Å². The summed E-state index contributed by atoms with van der Waals surface area (Å²) in [6, 6.07) is 3.26. The standard InChI is InChI=1S/C8H9ClO4/c1-5(9)7(13-8(10)11)6-3-2-4-12-6/h2-5,7H,1H3,(H,10,11). The van der Waals surface area contributed by atoms with Gasteiger partial charge < -0.3 is 14.3 Å². The van der Waals surface area contributed by atoms with Crippen LogP contribution in [0.4, 0.5) is 4.79 Å². The predicted molar refractivity (Wildman–Crippen MR) is 45.9 cm³/mol. The van der Waals surface area contributed by atoms with Crippen molar-refractivity contribution in [3.63, 3.8) is 0 Å². The van der Waals surface area contributed by atoms with Crippen molar-refractivity contribution in [1.82, 2.24) is 0 Å². The van der Waals surface area contributed by atoms with Crippen LogP contribution in [0.15, 0.2) is 22.8 Å². The molecule has 1 heterocycles. The highest BCUT2D eigenvalue weighted by Gasteiger charge is 2.24. The summed E-state index contributed by atoms with van der Waals surface area (Å²) in [7, 11) is 0. The number of furan rings is 1. The van der Waals surface area contributed by atoms with Gasteiger partial charge in [0, 0.05) is 0 Å². The van der Waals surface area contributed by atoms with Crippen LogP contribution in [-0.4, -0.2) is 16.6 Å². The van der Waals surface area contributed by atoms with Crippen LogP contribution in [0.5, 0.6) is 0 Å². The van der Waals surface area contributed by atoms with Crippen LogP contribution in [0.25, 0.3) is 0 Å². The number of carboxylic acid groups (broad SMARTS) is 1. The molecular weight excluding hydrogens is 196 g/mol. The van der Waals surface area contributed by atoms with Crippen LogP contribution in [0.3, 0.4) is 0 Å². The Morgan fingerprint density at radius 3 is 2.85 bits per heavy atom. The van der Waals surface area contributed by atoms with E-state index in [0.29, 0.717) is 5.76 Å². The van der Waals surface area contributed by atoms with E-state index >= 15 is 0 Å². The molecule has 1 aromatic heterocycles. The average molecular weight is 205 g/mol. The van der Waals surface area contributed by atoms with Crippen molar-refractivity contribution in [1.29, 1.82) is 0 Å². The third-order valence-electron chi connectivity index (χ3n) is 1.47. The third kappa shape index (κ3) is 2.66. The monoisotopic (exact) mass is 204 g/mol. The molecule has 13 heavy (non-hydrogen) atoms. The van der Waals surface area contributed by atoms with Crippen molar-refractivity contribution in [2.75, 3.05) is 0 Å². The van der Waals surface area contributed by atoms with E-state index in [-0.39, 0.29) is 0 Å². The van der Waals surface area contributed by atoms with Crippen molar-refractivity contribution >= 4 is 17.8 Å². The van der Waals surface area contributed by atoms with Crippen LogP contribution in [0.1, 0.15) is 18.8 Å². The molecule has 0 amide bonds. The van der Waals surface area contributed by atoms with Crippen LogP contribution < -0.4 is 0 Å². The summed E-state index contributed by atoms with van der Waals surface area (Å²) < 4.78 is 9.53. The summed E-state index contributed by atoms with van der Waals surface area (Å²) in [6.45, 7) is 1.64. The number of rotatable bonds is 3. The fourth-order valence-electron chi connectivity index (χ4n) is 0.940. The molecule has 0 saturated carbocycles. The molecule has 5 heteroatoms. The van der Waals surface area contributed by atoms with Crippen LogP contribution in [0.2, 0.25) is 0 Å². The molecule has 1 N–H and O–H groups in total. The molecule has 0 spiro atoms. The Bertz CT molecular complexity index is 268. The molecule has 0 fully saturated rings. The molecule has 0 radical (unpaired) electrons. The second kappa shape index (κ2) is 4.18. The van der Waals surface area contributed by atoms with Gasteiger partial charge in [0.15, 0.2) is 6.10 Å². The Kier molecular flexibility index (Phi) is 3.19.